The molecule has 0 aromatic heterocycles. The van der Waals surface area contributed by atoms with E-state index >= 15 is 0 Å². The van der Waals surface area contributed by atoms with Gasteiger partial charge >= 0.3 is 5.97 Å². The van der Waals surface area contributed by atoms with Crippen LogP contribution in [-0.2, 0) is 9.53 Å². The summed E-state index contributed by atoms with van der Waals surface area (Å²) in [6.45, 7) is 5.32. The van der Waals surface area contributed by atoms with Crippen molar-refractivity contribution in [1.29, 1.82) is 0 Å². The molecule has 0 saturated heterocycles. The lowest BCUT2D eigenvalue weighted by atomic mass is 10.1. The summed E-state index contributed by atoms with van der Waals surface area (Å²) in [6, 6.07) is 3.75. The molecular weight excluding hydrogens is 302 g/mol. The van der Waals surface area contributed by atoms with Gasteiger partial charge in [0, 0.05) is 30.9 Å². The molecule has 1 aromatic carbocycles. The maximum absolute atomic E-state index is 12.1. The number of non-ortho nitro benzene ring substituents is 1. The fourth-order valence-electron chi connectivity index (χ4n) is 1.70. The van der Waals surface area contributed by atoms with Crippen LogP contribution in [0.1, 0.15) is 31.1 Å². The van der Waals surface area contributed by atoms with Crippen molar-refractivity contribution in [2.75, 3.05) is 19.0 Å². The summed E-state index contributed by atoms with van der Waals surface area (Å²) in [5.74, 6) is -0.969. The molecule has 0 aliphatic carbocycles. The molecule has 1 rings (SSSR count). The topological polar surface area (TPSA) is 111 Å². The van der Waals surface area contributed by atoms with E-state index in [1.54, 1.807) is 7.05 Å². The molecule has 126 valence electrons. The molecule has 0 unspecified atom stereocenters. The maximum atomic E-state index is 12.1. The lowest BCUT2D eigenvalue weighted by Gasteiger charge is -2.17. The van der Waals surface area contributed by atoms with E-state index in [1.807, 2.05) is 20.8 Å². The highest BCUT2D eigenvalue weighted by molar-refractivity contribution is 5.97. The summed E-state index contributed by atoms with van der Waals surface area (Å²) in [5.41, 5.74) is 0.164. The fraction of sp³-hybridized carbons (Fsp3) is 0.467. The Morgan fingerprint density at radius 1 is 1.30 bits per heavy atom. The molecule has 0 heterocycles. The van der Waals surface area contributed by atoms with Gasteiger partial charge in [-0.05, 0) is 18.9 Å². The number of carbonyl (C=O) groups is 2. The second-order valence-corrected chi connectivity index (χ2v) is 5.41. The van der Waals surface area contributed by atoms with E-state index in [2.05, 4.69) is 10.6 Å². The Labute approximate surface area is 134 Å². The Kier molecular flexibility index (Phi) is 6.49. The number of ether oxygens (including phenoxy) is 1. The van der Waals surface area contributed by atoms with Crippen LogP contribution in [0.3, 0.4) is 0 Å². The van der Waals surface area contributed by atoms with Gasteiger partial charge in [-0.15, -0.1) is 0 Å². The predicted molar refractivity (Wildman–Crippen MR) is 85.4 cm³/mol. The molecule has 1 aromatic rings. The molecular formula is C15H21N3O5. The minimum absolute atomic E-state index is 0.00593. The molecule has 23 heavy (non-hydrogen) atoms. The first-order valence-corrected chi connectivity index (χ1v) is 7.19. The minimum atomic E-state index is -0.801. The number of nitro benzene ring substituents is 1. The normalized spacial score (nSPS) is 11.7. The standard InChI is InChI=1S/C15H21N3O5/c1-9(2)10(3)17-14(19)8-23-15(20)12-7-11(18(21)22)5-6-13(12)16-4/h5-7,9-10,16H,8H2,1-4H3,(H,17,19)/t10-/m1/s1. The van der Waals surface area contributed by atoms with Gasteiger partial charge in [0.15, 0.2) is 6.61 Å². The zero-order valence-electron chi connectivity index (χ0n) is 13.6. The summed E-state index contributed by atoms with van der Waals surface area (Å²) in [5, 5.41) is 16.3. The number of rotatable bonds is 7. The van der Waals surface area contributed by atoms with Gasteiger partial charge in [0.25, 0.3) is 11.6 Å². The molecule has 0 aliphatic rings. The highest BCUT2D eigenvalue weighted by Crippen LogP contribution is 2.22. The third-order valence-electron chi connectivity index (χ3n) is 3.43. The van der Waals surface area contributed by atoms with Gasteiger partial charge in [-0.25, -0.2) is 4.79 Å². The average Bonchev–Trinajstić information content (AvgIpc) is 2.51. The van der Waals surface area contributed by atoms with Gasteiger partial charge in [-0.2, -0.15) is 0 Å². The van der Waals surface area contributed by atoms with E-state index in [0.717, 1.165) is 6.07 Å². The van der Waals surface area contributed by atoms with Crippen LogP contribution in [0.25, 0.3) is 0 Å². The van der Waals surface area contributed by atoms with E-state index < -0.39 is 23.4 Å². The molecule has 0 spiro atoms. The molecule has 8 heteroatoms. The number of benzene rings is 1. The number of anilines is 1. The number of nitrogens with one attached hydrogen (secondary N) is 2. The molecule has 0 bridgehead atoms. The largest absolute Gasteiger partial charge is 0.452 e. The zero-order chi connectivity index (χ0) is 17.6. The van der Waals surface area contributed by atoms with Crippen molar-refractivity contribution in [1.82, 2.24) is 5.32 Å². The Morgan fingerprint density at radius 3 is 2.48 bits per heavy atom. The van der Waals surface area contributed by atoms with Crippen LogP contribution in [0.5, 0.6) is 0 Å². The predicted octanol–water partition coefficient (Wildman–Crippen LogP) is 1.95. The third-order valence-corrected chi connectivity index (χ3v) is 3.43. The van der Waals surface area contributed by atoms with E-state index in [4.69, 9.17) is 4.74 Å². The van der Waals surface area contributed by atoms with Gasteiger partial charge in [0.1, 0.15) is 0 Å². The van der Waals surface area contributed by atoms with Gasteiger partial charge in [0.2, 0.25) is 0 Å². The van der Waals surface area contributed by atoms with Gasteiger partial charge < -0.3 is 15.4 Å². The van der Waals surface area contributed by atoms with Crippen molar-refractivity contribution < 1.29 is 19.2 Å². The SMILES string of the molecule is CNc1ccc([N+](=O)[O-])cc1C(=O)OCC(=O)N[C@H](C)C(C)C. The quantitative estimate of drug-likeness (QED) is 0.451. The number of nitrogens with zero attached hydrogens (tertiary/aromatic N) is 1. The van der Waals surface area contributed by atoms with Crippen LogP contribution in [-0.4, -0.2) is 36.5 Å². The third kappa shape index (κ3) is 5.24. The van der Waals surface area contributed by atoms with Crippen molar-refractivity contribution in [2.24, 2.45) is 5.92 Å². The van der Waals surface area contributed by atoms with Crippen LogP contribution in [0, 0.1) is 16.0 Å². The number of carbonyl (C=O) groups excluding carboxylic acids is 2. The average molecular weight is 323 g/mol. The second-order valence-electron chi connectivity index (χ2n) is 5.41. The Morgan fingerprint density at radius 2 is 1.96 bits per heavy atom. The first kappa shape index (κ1) is 18.4. The summed E-state index contributed by atoms with van der Waals surface area (Å²) < 4.78 is 4.93. The molecule has 0 radical (unpaired) electrons. The van der Waals surface area contributed by atoms with Crippen molar-refractivity contribution in [3.63, 3.8) is 0 Å². The second kappa shape index (κ2) is 8.11. The van der Waals surface area contributed by atoms with E-state index in [0.29, 0.717) is 5.69 Å². The Hall–Kier alpha value is -2.64. The Bertz CT molecular complexity index is 601. The molecule has 1 atom stereocenters. The molecule has 2 N–H and O–H groups in total. The molecule has 0 aliphatic heterocycles. The van der Waals surface area contributed by atoms with Crippen LogP contribution in [0.2, 0.25) is 0 Å². The van der Waals surface area contributed by atoms with E-state index in [9.17, 15) is 19.7 Å². The lowest BCUT2D eigenvalue weighted by Crippen LogP contribution is -2.38. The lowest BCUT2D eigenvalue weighted by molar-refractivity contribution is -0.384. The highest BCUT2D eigenvalue weighted by atomic mass is 16.6. The summed E-state index contributed by atoms with van der Waals surface area (Å²) in [4.78, 5) is 34.0. The van der Waals surface area contributed by atoms with Crippen LogP contribution in [0.4, 0.5) is 11.4 Å². The Balaban J connectivity index is 2.76. The number of nitro groups is 1. The highest BCUT2D eigenvalue weighted by Gasteiger charge is 2.19. The van der Waals surface area contributed by atoms with Gasteiger partial charge in [-0.1, -0.05) is 13.8 Å². The molecule has 1 amide bonds. The van der Waals surface area contributed by atoms with Crippen molar-refractivity contribution >= 4 is 23.3 Å². The number of amides is 1. The van der Waals surface area contributed by atoms with Crippen molar-refractivity contribution in [3.8, 4) is 0 Å². The smallest absolute Gasteiger partial charge is 0.341 e. The maximum Gasteiger partial charge on any atom is 0.341 e. The molecule has 0 saturated carbocycles. The van der Waals surface area contributed by atoms with E-state index in [1.165, 1.54) is 12.1 Å². The summed E-state index contributed by atoms with van der Waals surface area (Å²) >= 11 is 0. The van der Waals surface area contributed by atoms with Gasteiger partial charge in [0.05, 0.1) is 10.5 Å². The van der Waals surface area contributed by atoms with Crippen LogP contribution in [0.15, 0.2) is 18.2 Å². The summed E-state index contributed by atoms with van der Waals surface area (Å²) in [6.07, 6.45) is 0. The molecule has 0 fully saturated rings. The summed E-state index contributed by atoms with van der Waals surface area (Å²) in [7, 11) is 1.58. The number of hydrogen-bond donors (Lipinski definition) is 2. The first-order chi connectivity index (χ1) is 10.8. The minimum Gasteiger partial charge on any atom is -0.452 e. The van der Waals surface area contributed by atoms with Gasteiger partial charge in [-0.3, -0.25) is 14.9 Å². The van der Waals surface area contributed by atoms with Crippen LogP contribution < -0.4 is 10.6 Å². The number of esters is 1. The first-order valence-electron chi connectivity index (χ1n) is 7.19. The molecule has 8 nitrogen and oxygen atoms in total. The number of hydrogen-bond acceptors (Lipinski definition) is 6. The zero-order valence-corrected chi connectivity index (χ0v) is 13.6. The van der Waals surface area contributed by atoms with Crippen LogP contribution >= 0.6 is 0 Å². The van der Waals surface area contributed by atoms with Crippen molar-refractivity contribution in [2.45, 2.75) is 26.8 Å². The van der Waals surface area contributed by atoms with E-state index in [-0.39, 0.29) is 23.2 Å². The van der Waals surface area contributed by atoms with Crippen molar-refractivity contribution in [3.05, 3.63) is 33.9 Å². The monoisotopic (exact) mass is 323 g/mol. The fourth-order valence-corrected chi connectivity index (χ4v) is 1.70.